The van der Waals surface area contributed by atoms with Crippen molar-refractivity contribution >= 4 is 13.7 Å². The molecule has 0 fully saturated rings. The molecule has 0 bridgehead atoms. The van der Waals surface area contributed by atoms with Crippen LogP contribution in [0.5, 0.6) is 0 Å². The Kier molecular flexibility index (Phi) is 66.6. The van der Waals surface area contributed by atoms with Crippen molar-refractivity contribution in [1.29, 1.82) is 0 Å². The van der Waals surface area contributed by atoms with Gasteiger partial charge in [-0.25, -0.2) is 0 Å². The van der Waals surface area contributed by atoms with Gasteiger partial charge in [-0.2, -0.15) is 0 Å². The zero-order valence-corrected chi connectivity index (χ0v) is 59.0. The number of carbonyl (C=O) groups is 1. The summed E-state index contributed by atoms with van der Waals surface area (Å²) in [5.74, 6) is -0.187. The summed E-state index contributed by atoms with van der Waals surface area (Å²) in [6, 6.07) is -0.885. The first kappa shape index (κ1) is 84.0. The van der Waals surface area contributed by atoms with Gasteiger partial charge in [0, 0.05) is 6.42 Å². The number of likely N-dealkylation sites (N-methyl/N-ethyl adjacent to an activating group) is 1. The second kappa shape index (κ2) is 67.4. The van der Waals surface area contributed by atoms with Crippen LogP contribution in [-0.2, 0) is 18.4 Å². The lowest BCUT2D eigenvalue weighted by Gasteiger charge is -2.29. The molecule has 506 valence electrons. The highest BCUT2D eigenvalue weighted by molar-refractivity contribution is 7.45. The number of nitrogens with one attached hydrogen (secondary N) is 1. The molecule has 3 atom stereocenters. The quantitative estimate of drug-likeness (QED) is 0.0272. The summed E-state index contributed by atoms with van der Waals surface area (Å²) in [7, 11) is 1.28. The highest BCUT2D eigenvalue weighted by Crippen LogP contribution is 2.38. The van der Waals surface area contributed by atoms with Crippen LogP contribution < -0.4 is 10.2 Å². The summed E-state index contributed by atoms with van der Waals surface area (Å²) < 4.78 is 23.5. The van der Waals surface area contributed by atoms with E-state index < -0.39 is 20.0 Å². The third kappa shape index (κ3) is 70.3. The van der Waals surface area contributed by atoms with E-state index in [0.717, 1.165) is 38.5 Å². The molecule has 0 aromatic heterocycles. The smallest absolute Gasteiger partial charge is 0.268 e. The van der Waals surface area contributed by atoms with Gasteiger partial charge in [-0.1, -0.05) is 378 Å². The van der Waals surface area contributed by atoms with Crippen LogP contribution in [0.3, 0.4) is 0 Å². The number of carbonyl (C=O) groups excluding carboxylic acids is 1. The highest BCUT2D eigenvalue weighted by Gasteiger charge is 2.23. The third-order valence-electron chi connectivity index (χ3n) is 17.9. The number of nitrogens with zero attached hydrogens (tertiary/aromatic N) is 1. The molecule has 0 spiro atoms. The van der Waals surface area contributed by atoms with Crippen molar-refractivity contribution in [3.05, 3.63) is 24.3 Å². The molecule has 1 amide bonds. The number of allylic oxidation sites excluding steroid dienone is 3. The van der Waals surface area contributed by atoms with Crippen molar-refractivity contribution < 1.29 is 32.9 Å². The first-order valence-corrected chi connectivity index (χ1v) is 39.7. The Morgan fingerprint density at radius 2 is 0.647 bits per heavy atom. The summed E-state index contributed by atoms with van der Waals surface area (Å²) in [6.45, 7) is 4.72. The largest absolute Gasteiger partial charge is 0.756 e. The summed E-state index contributed by atoms with van der Waals surface area (Å²) in [5.41, 5.74) is 0. The van der Waals surface area contributed by atoms with Crippen molar-refractivity contribution in [2.24, 2.45) is 0 Å². The van der Waals surface area contributed by atoms with Gasteiger partial charge in [0.1, 0.15) is 13.2 Å². The summed E-state index contributed by atoms with van der Waals surface area (Å²) in [5, 5.41) is 14.0. The average molecular weight is 1220 g/mol. The molecule has 0 saturated heterocycles. The number of rotatable bonds is 72. The Labute approximate surface area is 532 Å². The van der Waals surface area contributed by atoms with Crippen LogP contribution in [0, 0.1) is 0 Å². The molecule has 9 heteroatoms. The number of phosphoric acid groups is 1. The second-order valence-corrected chi connectivity index (χ2v) is 29.1. The van der Waals surface area contributed by atoms with Gasteiger partial charge in [0.25, 0.3) is 7.82 Å². The molecule has 0 radical (unpaired) electrons. The maximum absolute atomic E-state index is 13.1. The number of aliphatic hydroxyl groups excluding tert-OH is 1. The van der Waals surface area contributed by atoms with Gasteiger partial charge in [0.2, 0.25) is 5.91 Å². The number of aliphatic hydroxyl groups is 1. The number of unbranched alkanes of at least 4 members (excludes halogenated alkanes) is 57. The molecule has 8 nitrogen and oxygen atoms in total. The van der Waals surface area contributed by atoms with E-state index in [-0.39, 0.29) is 19.1 Å². The van der Waals surface area contributed by atoms with Crippen LogP contribution in [0.1, 0.15) is 406 Å². The molecule has 0 rings (SSSR count). The first-order chi connectivity index (χ1) is 41.5. The van der Waals surface area contributed by atoms with Gasteiger partial charge in [-0.15, -0.1) is 0 Å². The molecular formula is C76H151N2O6P. The molecule has 0 heterocycles. The maximum Gasteiger partial charge on any atom is 0.268 e. The Morgan fingerprint density at radius 3 is 0.918 bits per heavy atom. The number of amides is 1. The Balaban J connectivity index is 3.94. The summed E-state index contributed by atoms with van der Waals surface area (Å²) >= 11 is 0. The highest BCUT2D eigenvalue weighted by atomic mass is 31.2. The molecule has 0 aliphatic rings. The SMILES string of the molecule is CCCCCCCCCC/C=C\CCCCCCCCCCCCCCCCCCCCCCCCCCCC(=O)NC(COP(=O)([O-])OCC[N+](C)(C)C)C(O)/C=C/CCCCCCCCCCCCCCCCCCCCCCCCCC. The minimum atomic E-state index is -4.60. The van der Waals surface area contributed by atoms with Crippen LogP contribution in [0.2, 0.25) is 0 Å². The molecule has 0 saturated carbocycles. The first-order valence-electron chi connectivity index (χ1n) is 38.2. The fraction of sp³-hybridized carbons (Fsp3) is 0.934. The van der Waals surface area contributed by atoms with Crippen molar-refractivity contribution in [3.63, 3.8) is 0 Å². The lowest BCUT2D eigenvalue weighted by Crippen LogP contribution is -2.45. The fourth-order valence-corrected chi connectivity index (χ4v) is 12.7. The van der Waals surface area contributed by atoms with Crippen LogP contribution >= 0.6 is 7.82 Å². The van der Waals surface area contributed by atoms with Gasteiger partial charge < -0.3 is 28.8 Å². The zero-order valence-electron chi connectivity index (χ0n) is 58.1. The molecule has 2 N–H and O–H groups in total. The molecule has 85 heavy (non-hydrogen) atoms. The molecule has 0 aromatic rings. The number of quaternary nitrogens is 1. The van der Waals surface area contributed by atoms with E-state index in [2.05, 4.69) is 31.3 Å². The molecule has 0 aromatic carbocycles. The maximum atomic E-state index is 13.1. The fourth-order valence-electron chi connectivity index (χ4n) is 12.0. The topological polar surface area (TPSA) is 108 Å². The van der Waals surface area contributed by atoms with E-state index in [4.69, 9.17) is 9.05 Å². The van der Waals surface area contributed by atoms with Crippen LogP contribution in [0.4, 0.5) is 0 Å². The number of hydrogen-bond donors (Lipinski definition) is 2. The van der Waals surface area contributed by atoms with Crippen LogP contribution in [0.15, 0.2) is 24.3 Å². The predicted molar refractivity (Wildman–Crippen MR) is 372 cm³/mol. The van der Waals surface area contributed by atoms with Crippen LogP contribution in [0.25, 0.3) is 0 Å². The molecular weight excluding hydrogens is 1070 g/mol. The van der Waals surface area contributed by atoms with E-state index in [1.807, 2.05) is 27.2 Å². The molecule has 0 aliphatic heterocycles. The third-order valence-corrected chi connectivity index (χ3v) is 18.9. The van der Waals surface area contributed by atoms with Crippen LogP contribution in [-0.4, -0.2) is 68.5 Å². The minimum Gasteiger partial charge on any atom is -0.756 e. The predicted octanol–water partition coefficient (Wildman–Crippen LogP) is 24.0. The van der Waals surface area contributed by atoms with Crippen molar-refractivity contribution in [1.82, 2.24) is 5.32 Å². The Hall–Kier alpha value is -1.02. The van der Waals surface area contributed by atoms with Gasteiger partial charge in [0.05, 0.1) is 39.9 Å². The van der Waals surface area contributed by atoms with E-state index >= 15 is 0 Å². The van der Waals surface area contributed by atoms with E-state index in [0.29, 0.717) is 17.4 Å². The van der Waals surface area contributed by atoms with Crippen molar-refractivity contribution in [3.8, 4) is 0 Å². The Bertz CT molecular complexity index is 1430. The molecule has 0 aliphatic carbocycles. The van der Waals surface area contributed by atoms with E-state index in [9.17, 15) is 19.4 Å². The summed E-state index contributed by atoms with van der Waals surface area (Å²) in [4.78, 5) is 25.7. The van der Waals surface area contributed by atoms with E-state index in [1.165, 1.54) is 347 Å². The Morgan fingerprint density at radius 1 is 0.400 bits per heavy atom. The van der Waals surface area contributed by atoms with E-state index in [1.54, 1.807) is 6.08 Å². The lowest BCUT2D eigenvalue weighted by molar-refractivity contribution is -0.870. The lowest BCUT2D eigenvalue weighted by atomic mass is 10.0. The zero-order chi connectivity index (χ0) is 61.9. The van der Waals surface area contributed by atoms with Crippen molar-refractivity contribution in [2.45, 2.75) is 418 Å². The normalized spacial score (nSPS) is 13.6. The van der Waals surface area contributed by atoms with Gasteiger partial charge >= 0.3 is 0 Å². The molecule has 3 unspecified atom stereocenters. The second-order valence-electron chi connectivity index (χ2n) is 27.7. The summed E-state index contributed by atoms with van der Waals surface area (Å²) in [6.07, 6.45) is 89.0. The average Bonchev–Trinajstić information content (AvgIpc) is 3.49. The number of phosphoric ester groups is 1. The number of hydrogen-bond acceptors (Lipinski definition) is 6. The van der Waals surface area contributed by atoms with Gasteiger partial charge in [-0.05, 0) is 44.9 Å². The van der Waals surface area contributed by atoms with Crippen molar-refractivity contribution in [2.75, 3.05) is 40.9 Å². The monoisotopic (exact) mass is 1220 g/mol. The minimum absolute atomic E-state index is 0.00234. The van der Waals surface area contributed by atoms with Gasteiger partial charge in [-0.3, -0.25) is 9.36 Å². The standard InChI is InChI=1S/C76H151N2O6P/c1-6-8-10-12-14-16-18-20-22-24-26-28-30-32-34-35-36-37-38-39-40-41-42-43-44-46-48-50-52-54-56-58-60-62-64-66-68-70-76(80)77-74(73-84-85(81,82)83-72-71-78(3,4)5)75(79)69-67-65-63-61-59-57-55-53-51-49-47-45-33-31-29-27-25-23-21-19-17-15-13-11-9-7-2/h24,26,67,69,74-75,79H,6-23,25,27-66,68,70-73H2,1-5H3,(H-,77,80,81,82)/b26-24-,69-67+. The van der Waals surface area contributed by atoms with Gasteiger partial charge in [0.15, 0.2) is 0 Å².